The Bertz CT molecular complexity index is 1140. The fourth-order valence-corrected chi connectivity index (χ4v) is 8.81. The second kappa shape index (κ2) is 57.2. The van der Waals surface area contributed by atoms with E-state index in [4.69, 9.17) is 14.2 Å². The fraction of sp³-hybridized carbons (Fsp3) is 0.855. The molecule has 1 atom stereocenters. The summed E-state index contributed by atoms with van der Waals surface area (Å²) < 4.78 is 16.9. The van der Waals surface area contributed by atoms with Crippen molar-refractivity contribution < 1.29 is 28.6 Å². The Morgan fingerprint density at radius 3 is 0.897 bits per heavy atom. The molecule has 0 saturated heterocycles. The van der Waals surface area contributed by atoms with Crippen molar-refractivity contribution in [3.8, 4) is 0 Å². The molecule has 0 aliphatic heterocycles. The zero-order chi connectivity index (χ0) is 49.3. The van der Waals surface area contributed by atoms with Crippen molar-refractivity contribution in [2.75, 3.05) is 13.2 Å². The summed E-state index contributed by atoms with van der Waals surface area (Å²) in [5.74, 6) is -0.884. The number of carbonyl (C=O) groups is 3. The monoisotopic (exact) mass is 955 g/mol. The summed E-state index contributed by atoms with van der Waals surface area (Å²) in [6, 6.07) is 0. The number of hydrogen-bond donors (Lipinski definition) is 0. The van der Waals surface area contributed by atoms with Gasteiger partial charge in [0.1, 0.15) is 13.2 Å². The molecule has 0 radical (unpaired) electrons. The van der Waals surface area contributed by atoms with E-state index < -0.39 is 6.10 Å². The average molecular weight is 956 g/mol. The van der Waals surface area contributed by atoms with Crippen molar-refractivity contribution in [3.05, 3.63) is 36.5 Å². The molecule has 0 aliphatic carbocycles. The SMILES string of the molecule is CCCC/C=C\C/C=C\CCCCCCCC(=O)OC(COC(=O)CCCCCCC/C=C\CCCCC)COC(=O)CCCCCCCCCCCCCCCCCCCCCCCCCC. The van der Waals surface area contributed by atoms with Crippen LogP contribution < -0.4 is 0 Å². The molecule has 0 heterocycles. The quantitative estimate of drug-likeness (QED) is 0.0262. The van der Waals surface area contributed by atoms with Crippen LogP contribution in [0, 0.1) is 0 Å². The lowest BCUT2D eigenvalue weighted by Gasteiger charge is -2.18. The lowest BCUT2D eigenvalue weighted by atomic mass is 10.0. The maximum Gasteiger partial charge on any atom is 0.306 e. The van der Waals surface area contributed by atoms with Gasteiger partial charge in [0, 0.05) is 19.3 Å². The molecule has 68 heavy (non-hydrogen) atoms. The van der Waals surface area contributed by atoms with Crippen LogP contribution in [0.25, 0.3) is 0 Å². The molecule has 0 rings (SSSR count). The van der Waals surface area contributed by atoms with Crippen molar-refractivity contribution in [3.63, 3.8) is 0 Å². The minimum Gasteiger partial charge on any atom is -0.462 e. The van der Waals surface area contributed by atoms with Crippen LogP contribution in [0.5, 0.6) is 0 Å². The molecule has 0 N–H and O–H groups in total. The fourth-order valence-electron chi connectivity index (χ4n) is 8.81. The van der Waals surface area contributed by atoms with Crippen LogP contribution in [-0.2, 0) is 28.6 Å². The van der Waals surface area contributed by atoms with Gasteiger partial charge in [-0.2, -0.15) is 0 Å². The van der Waals surface area contributed by atoms with Gasteiger partial charge in [-0.1, -0.05) is 269 Å². The highest BCUT2D eigenvalue weighted by Crippen LogP contribution is 2.17. The first kappa shape index (κ1) is 65.6. The van der Waals surface area contributed by atoms with E-state index in [2.05, 4.69) is 57.2 Å². The Morgan fingerprint density at radius 1 is 0.294 bits per heavy atom. The smallest absolute Gasteiger partial charge is 0.306 e. The molecule has 398 valence electrons. The second-order valence-corrected chi connectivity index (χ2v) is 20.3. The molecule has 0 aromatic rings. The Hall–Kier alpha value is -2.37. The van der Waals surface area contributed by atoms with Gasteiger partial charge in [-0.15, -0.1) is 0 Å². The van der Waals surface area contributed by atoms with Crippen LogP contribution in [0.4, 0.5) is 0 Å². The Kier molecular flexibility index (Phi) is 55.2. The summed E-state index contributed by atoms with van der Waals surface area (Å²) >= 11 is 0. The number of rotatable bonds is 55. The van der Waals surface area contributed by atoms with Gasteiger partial charge in [0.15, 0.2) is 6.10 Å². The summed E-state index contributed by atoms with van der Waals surface area (Å²) in [4.78, 5) is 38.1. The van der Waals surface area contributed by atoms with Gasteiger partial charge in [-0.3, -0.25) is 14.4 Å². The molecule has 0 fully saturated rings. The van der Waals surface area contributed by atoms with Gasteiger partial charge in [0.2, 0.25) is 0 Å². The van der Waals surface area contributed by atoms with E-state index in [1.54, 1.807) is 0 Å². The van der Waals surface area contributed by atoms with E-state index in [-0.39, 0.29) is 31.1 Å². The van der Waals surface area contributed by atoms with Crippen molar-refractivity contribution in [1.29, 1.82) is 0 Å². The number of ether oxygens (including phenoxy) is 3. The summed E-state index contributed by atoms with van der Waals surface area (Å²) in [5.41, 5.74) is 0. The third-order valence-corrected chi connectivity index (χ3v) is 13.4. The third kappa shape index (κ3) is 54.6. The van der Waals surface area contributed by atoms with Crippen LogP contribution in [0.3, 0.4) is 0 Å². The summed E-state index contributed by atoms with van der Waals surface area (Å²) in [7, 11) is 0. The predicted octanol–water partition coefficient (Wildman–Crippen LogP) is 20.0. The topological polar surface area (TPSA) is 78.9 Å². The van der Waals surface area contributed by atoms with Crippen molar-refractivity contribution >= 4 is 17.9 Å². The molecule has 6 heteroatoms. The number of hydrogen-bond acceptors (Lipinski definition) is 6. The molecule has 0 aromatic carbocycles. The minimum absolute atomic E-state index is 0.0770. The first-order chi connectivity index (χ1) is 33.5. The summed E-state index contributed by atoms with van der Waals surface area (Å²) in [6.07, 6.45) is 68.7. The third-order valence-electron chi connectivity index (χ3n) is 13.4. The van der Waals surface area contributed by atoms with Crippen LogP contribution in [0.1, 0.15) is 323 Å². The first-order valence-corrected chi connectivity index (χ1v) is 30.0. The van der Waals surface area contributed by atoms with Crippen LogP contribution in [-0.4, -0.2) is 37.2 Å². The number of esters is 3. The zero-order valence-electron chi connectivity index (χ0n) is 45.6. The summed E-state index contributed by atoms with van der Waals surface area (Å²) in [5, 5.41) is 0. The van der Waals surface area contributed by atoms with Gasteiger partial charge in [0.25, 0.3) is 0 Å². The molecule has 0 aromatic heterocycles. The molecular formula is C62H114O6. The maximum atomic E-state index is 12.8. The predicted molar refractivity (Wildman–Crippen MR) is 293 cm³/mol. The maximum absolute atomic E-state index is 12.8. The summed E-state index contributed by atoms with van der Waals surface area (Å²) in [6.45, 7) is 6.60. The lowest BCUT2D eigenvalue weighted by Crippen LogP contribution is -2.30. The Labute approximate surface area is 423 Å². The van der Waals surface area contributed by atoms with Crippen molar-refractivity contribution in [1.82, 2.24) is 0 Å². The van der Waals surface area contributed by atoms with Gasteiger partial charge < -0.3 is 14.2 Å². The van der Waals surface area contributed by atoms with E-state index in [0.29, 0.717) is 19.3 Å². The molecular weight excluding hydrogens is 841 g/mol. The first-order valence-electron chi connectivity index (χ1n) is 30.0. The molecule has 0 aliphatic rings. The highest BCUT2D eigenvalue weighted by atomic mass is 16.6. The van der Waals surface area contributed by atoms with E-state index in [9.17, 15) is 14.4 Å². The van der Waals surface area contributed by atoms with Crippen LogP contribution in [0.2, 0.25) is 0 Å². The van der Waals surface area contributed by atoms with E-state index in [0.717, 1.165) is 89.9 Å². The molecule has 0 saturated carbocycles. The lowest BCUT2D eigenvalue weighted by molar-refractivity contribution is -0.167. The average Bonchev–Trinajstić information content (AvgIpc) is 3.34. The number of allylic oxidation sites excluding steroid dienone is 6. The van der Waals surface area contributed by atoms with Crippen molar-refractivity contribution in [2.45, 2.75) is 329 Å². The number of unbranched alkanes of at least 4 members (excludes halogenated alkanes) is 38. The largest absolute Gasteiger partial charge is 0.462 e. The van der Waals surface area contributed by atoms with E-state index in [1.165, 1.54) is 193 Å². The van der Waals surface area contributed by atoms with Gasteiger partial charge in [-0.25, -0.2) is 0 Å². The van der Waals surface area contributed by atoms with Crippen LogP contribution in [0.15, 0.2) is 36.5 Å². The van der Waals surface area contributed by atoms with Crippen LogP contribution >= 0.6 is 0 Å². The zero-order valence-corrected chi connectivity index (χ0v) is 45.6. The normalized spacial score (nSPS) is 12.2. The highest BCUT2D eigenvalue weighted by Gasteiger charge is 2.19. The van der Waals surface area contributed by atoms with E-state index >= 15 is 0 Å². The number of carbonyl (C=O) groups excluding carboxylic acids is 3. The second-order valence-electron chi connectivity index (χ2n) is 20.3. The van der Waals surface area contributed by atoms with Gasteiger partial charge in [-0.05, 0) is 70.6 Å². The molecule has 0 spiro atoms. The molecule has 0 amide bonds. The highest BCUT2D eigenvalue weighted by molar-refractivity contribution is 5.71. The molecule has 6 nitrogen and oxygen atoms in total. The van der Waals surface area contributed by atoms with Crippen molar-refractivity contribution in [2.24, 2.45) is 0 Å². The molecule has 1 unspecified atom stereocenters. The Balaban J connectivity index is 4.22. The minimum atomic E-state index is -0.780. The van der Waals surface area contributed by atoms with Gasteiger partial charge >= 0.3 is 17.9 Å². The van der Waals surface area contributed by atoms with E-state index in [1.807, 2.05) is 0 Å². The standard InChI is InChI=1S/C62H114O6/c1-4-7-10-13-16-19-22-25-27-28-29-30-31-32-33-34-35-36-38-40-43-46-49-52-55-61(64)67-58-59(57-66-60(63)54-51-48-45-42-39-24-21-18-15-12-9-6-3)68-62(65)56-53-50-47-44-41-37-26-23-20-17-14-11-8-5-2/h14,17-18,21,23,26,59H,4-13,15-16,19-20,22,24-25,27-58H2,1-3H3/b17-14-,21-18-,26-23-. The molecule has 0 bridgehead atoms. The van der Waals surface area contributed by atoms with Gasteiger partial charge in [0.05, 0.1) is 0 Å². The Morgan fingerprint density at radius 2 is 0.544 bits per heavy atom.